The lowest BCUT2D eigenvalue weighted by atomic mass is 10.1. The van der Waals surface area contributed by atoms with Crippen LogP contribution in [0.15, 0.2) is 37.1 Å². The Hall–Kier alpha value is -2.76. The van der Waals surface area contributed by atoms with Crippen molar-refractivity contribution in [3.8, 4) is 11.4 Å². The van der Waals surface area contributed by atoms with Gasteiger partial charge in [0.05, 0.1) is 0 Å². The van der Waals surface area contributed by atoms with Gasteiger partial charge in [0.2, 0.25) is 5.82 Å². The summed E-state index contributed by atoms with van der Waals surface area (Å²) in [5.41, 5.74) is 2.44. The van der Waals surface area contributed by atoms with Crippen molar-refractivity contribution in [2.45, 2.75) is 6.54 Å². The summed E-state index contributed by atoms with van der Waals surface area (Å²) in [5, 5.41) is 14.7. The highest BCUT2D eigenvalue weighted by atomic mass is 16.1. The van der Waals surface area contributed by atoms with Gasteiger partial charge >= 0.3 is 0 Å². The van der Waals surface area contributed by atoms with Crippen LogP contribution in [0.2, 0.25) is 0 Å². The largest absolute Gasteiger partial charge is 0.343 e. The first-order valence-corrected chi connectivity index (χ1v) is 5.76. The molecule has 0 atom stereocenters. The van der Waals surface area contributed by atoms with E-state index in [1.807, 2.05) is 29.0 Å². The Kier molecular flexibility index (Phi) is 2.68. The first-order chi connectivity index (χ1) is 9.33. The third-order valence-corrected chi connectivity index (χ3v) is 2.97. The third-order valence-electron chi connectivity index (χ3n) is 2.97. The van der Waals surface area contributed by atoms with E-state index in [1.54, 1.807) is 6.08 Å². The first kappa shape index (κ1) is 11.3. The van der Waals surface area contributed by atoms with Crippen molar-refractivity contribution < 1.29 is 4.79 Å². The zero-order valence-corrected chi connectivity index (χ0v) is 10.1. The van der Waals surface area contributed by atoms with Crippen LogP contribution < -0.4 is 0 Å². The van der Waals surface area contributed by atoms with Crippen molar-refractivity contribution in [2.24, 2.45) is 0 Å². The van der Waals surface area contributed by atoms with E-state index >= 15 is 0 Å². The molecule has 0 fully saturated rings. The fraction of sp³-hybridized carbons (Fsp3) is 0.0769. The van der Waals surface area contributed by atoms with Crippen LogP contribution in [0.5, 0.6) is 0 Å². The molecule has 6 heteroatoms. The van der Waals surface area contributed by atoms with E-state index in [-0.39, 0.29) is 0 Å². The van der Waals surface area contributed by atoms with E-state index in [1.165, 1.54) is 0 Å². The van der Waals surface area contributed by atoms with Crippen LogP contribution in [0.1, 0.15) is 10.4 Å². The van der Waals surface area contributed by atoms with Crippen LogP contribution in [0.3, 0.4) is 0 Å². The summed E-state index contributed by atoms with van der Waals surface area (Å²) in [6.07, 6.45) is 4.46. The monoisotopic (exact) mass is 253 g/mol. The van der Waals surface area contributed by atoms with E-state index in [9.17, 15) is 4.79 Å². The number of nitrogens with one attached hydrogen (secondary N) is 1. The number of allylic oxidation sites excluding steroid dienone is 1. The lowest BCUT2D eigenvalue weighted by Gasteiger charge is -2.01. The minimum Gasteiger partial charge on any atom is -0.343 e. The van der Waals surface area contributed by atoms with Gasteiger partial charge in [-0.15, -0.1) is 16.8 Å². The SMILES string of the molecule is C=CCn1cc(C=O)c2cc(-c3nn[nH]n3)ccc21. The number of aromatic nitrogens is 5. The maximum Gasteiger partial charge on any atom is 0.204 e. The normalized spacial score (nSPS) is 10.7. The van der Waals surface area contributed by atoms with Crippen LogP contribution in [-0.2, 0) is 6.54 Å². The molecule has 2 aromatic heterocycles. The van der Waals surface area contributed by atoms with Gasteiger partial charge < -0.3 is 4.57 Å². The number of hydrogen-bond donors (Lipinski definition) is 1. The maximum absolute atomic E-state index is 11.1. The number of benzene rings is 1. The summed E-state index contributed by atoms with van der Waals surface area (Å²) in [6, 6.07) is 5.74. The molecule has 0 radical (unpaired) electrons. The zero-order chi connectivity index (χ0) is 13.2. The van der Waals surface area contributed by atoms with Crippen LogP contribution in [0.4, 0.5) is 0 Å². The Balaban J connectivity index is 2.22. The average molecular weight is 253 g/mol. The van der Waals surface area contributed by atoms with Gasteiger partial charge in [0, 0.05) is 34.8 Å². The Bertz CT molecular complexity index is 742. The molecule has 0 saturated carbocycles. The lowest BCUT2D eigenvalue weighted by Crippen LogP contribution is -1.91. The predicted octanol–water partition coefficient (Wildman–Crippen LogP) is 1.82. The van der Waals surface area contributed by atoms with Crippen molar-refractivity contribution in [3.05, 3.63) is 42.6 Å². The average Bonchev–Trinajstić information content (AvgIpc) is 3.06. The highest BCUT2D eigenvalue weighted by Crippen LogP contribution is 2.25. The molecule has 3 aromatic rings. The second kappa shape index (κ2) is 4.49. The van der Waals surface area contributed by atoms with Crippen molar-refractivity contribution in [3.63, 3.8) is 0 Å². The topological polar surface area (TPSA) is 76.5 Å². The number of aldehydes is 1. The molecule has 94 valence electrons. The van der Waals surface area contributed by atoms with E-state index in [4.69, 9.17) is 0 Å². The molecule has 0 unspecified atom stereocenters. The van der Waals surface area contributed by atoms with Crippen LogP contribution in [0, 0.1) is 0 Å². The lowest BCUT2D eigenvalue weighted by molar-refractivity contribution is 0.112. The minimum absolute atomic E-state index is 0.509. The number of tetrazole rings is 1. The van der Waals surface area contributed by atoms with Gasteiger partial charge in [-0.3, -0.25) is 4.79 Å². The Labute approximate surface area is 108 Å². The predicted molar refractivity (Wildman–Crippen MR) is 70.7 cm³/mol. The molecular formula is C13H11N5O. The highest BCUT2D eigenvalue weighted by Gasteiger charge is 2.10. The number of fused-ring (bicyclic) bond motifs is 1. The van der Waals surface area contributed by atoms with Gasteiger partial charge in [0.15, 0.2) is 6.29 Å². The van der Waals surface area contributed by atoms with Gasteiger partial charge in [0.1, 0.15) is 0 Å². The molecular weight excluding hydrogens is 242 g/mol. The molecule has 0 aliphatic rings. The third kappa shape index (κ3) is 1.83. The van der Waals surface area contributed by atoms with Crippen molar-refractivity contribution in [1.82, 2.24) is 25.2 Å². The van der Waals surface area contributed by atoms with E-state index in [0.29, 0.717) is 17.9 Å². The summed E-state index contributed by atoms with van der Waals surface area (Å²) in [6.45, 7) is 4.37. The molecule has 19 heavy (non-hydrogen) atoms. The van der Waals surface area contributed by atoms with E-state index in [2.05, 4.69) is 27.2 Å². The number of carbonyl (C=O) groups excluding carboxylic acids is 1. The molecule has 1 aromatic carbocycles. The van der Waals surface area contributed by atoms with Gasteiger partial charge in [-0.25, -0.2) is 0 Å². The second-order valence-corrected chi connectivity index (χ2v) is 4.11. The maximum atomic E-state index is 11.1. The molecule has 6 nitrogen and oxygen atoms in total. The van der Waals surface area contributed by atoms with Gasteiger partial charge in [-0.05, 0) is 23.4 Å². The summed E-state index contributed by atoms with van der Waals surface area (Å²) >= 11 is 0. The molecule has 0 aliphatic carbocycles. The summed E-state index contributed by atoms with van der Waals surface area (Å²) in [7, 11) is 0. The number of aromatic amines is 1. The van der Waals surface area contributed by atoms with Crippen LogP contribution in [-0.4, -0.2) is 31.5 Å². The molecule has 0 amide bonds. The first-order valence-electron chi connectivity index (χ1n) is 5.76. The smallest absolute Gasteiger partial charge is 0.204 e. The van der Waals surface area contributed by atoms with E-state index in [0.717, 1.165) is 22.8 Å². The van der Waals surface area contributed by atoms with Crippen molar-refractivity contribution in [2.75, 3.05) is 0 Å². The second-order valence-electron chi connectivity index (χ2n) is 4.11. The molecule has 0 saturated heterocycles. The number of H-pyrrole nitrogens is 1. The molecule has 1 N–H and O–H groups in total. The zero-order valence-electron chi connectivity index (χ0n) is 10.1. The number of nitrogens with zero attached hydrogens (tertiary/aromatic N) is 4. The Morgan fingerprint density at radius 1 is 1.42 bits per heavy atom. The fourth-order valence-electron chi connectivity index (χ4n) is 2.13. The fourth-order valence-corrected chi connectivity index (χ4v) is 2.13. The number of rotatable bonds is 4. The standard InChI is InChI=1S/C13H11N5O/c1-2-5-18-7-10(8-19)11-6-9(3-4-12(11)18)13-14-16-17-15-13/h2-4,6-8H,1,5H2,(H,14,15,16,17). The molecule has 0 aliphatic heterocycles. The summed E-state index contributed by atoms with van der Waals surface area (Å²) in [5.74, 6) is 0.509. The number of carbonyl (C=O) groups is 1. The van der Waals surface area contributed by atoms with Crippen LogP contribution >= 0.6 is 0 Å². The Morgan fingerprint density at radius 3 is 3.00 bits per heavy atom. The van der Waals surface area contributed by atoms with Gasteiger partial charge in [-0.1, -0.05) is 6.08 Å². The van der Waals surface area contributed by atoms with Crippen LogP contribution in [0.25, 0.3) is 22.3 Å². The minimum atomic E-state index is 0.509. The van der Waals surface area contributed by atoms with Crippen molar-refractivity contribution in [1.29, 1.82) is 0 Å². The summed E-state index contributed by atoms with van der Waals surface area (Å²) < 4.78 is 1.98. The van der Waals surface area contributed by atoms with E-state index < -0.39 is 0 Å². The quantitative estimate of drug-likeness (QED) is 0.568. The highest BCUT2D eigenvalue weighted by molar-refractivity contribution is 5.99. The molecule has 2 heterocycles. The summed E-state index contributed by atoms with van der Waals surface area (Å²) in [4.78, 5) is 11.1. The molecule has 0 spiro atoms. The number of hydrogen-bond acceptors (Lipinski definition) is 4. The van der Waals surface area contributed by atoms with Crippen molar-refractivity contribution >= 4 is 17.2 Å². The van der Waals surface area contributed by atoms with Gasteiger partial charge in [0.25, 0.3) is 0 Å². The molecule has 3 rings (SSSR count). The Morgan fingerprint density at radius 2 is 2.32 bits per heavy atom. The molecule has 0 bridgehead atoms. The van der Waals surface area contributed by atoms with Gasteiger partial charge in [-0.2, -0.15) is 5.21 Å².